The molecule has 0 unspecified atom stereocenters. The predicted molar refractivity (Wildman–Crippen MR) is 186 cm³/mol. The predicted octanol–water partition coefficient (Wildman–Crippen LogP) is 10.7. The highest BCUT2D eigenvalue weighted by atomic mass is 16.3. The molecule has 0 bridgehead atoms. The zero-order chi connectivity index (χ0) is 30.8. The Hall–Kier alpha value is -5.87. The van der Waals surface area contributed by atoms with Gasteiger partial charge in [0.15, 0.2) is 17.5 Å². The molecule has 0 radical (unpaired) electrons. The van der Waals surface area contributed by atoms with E-state index in [1.54, 1.807) is 0 Å². The molecule has 0 saturated heterocycles. The molecular weight excluding hydrogens is 562 g/mol. The Morgan fingerprint density at radius 1 is 0.413 bits per heavy atom. The smallest absolute Gasteiger partial charge is 0.167 e. The molecule has 6 aromatic carbocycles. The fourth-order valence-electron chi connectivity index (χ4n) is 7.02. The van der Waals surface area contributed by atoms with E-state index in [2.05, 4.69) is 86.6 Å². The summed E-state index contributed by atoms with van der Waals surface area (Å²) in [5, 5.41) is 2.10. The van der Waals surface area contributed by atoms with Crippen LogP contribution in [0, 0.1) is 0 Å². The minimum absolute atomic E-state index is 0.0809. The third-order valence-corrected chi connectivity index (χ3v) is 9.36. The van der Waals surface area contributed by atoms with Crippen molar-refractivity contribution in [3.8, 4) is 56.4 Å². The van der Waals surface area contributed by atoms with Gasteiger partial charge in [-0.3, -0.25) is 0 Å². The van der Waals surface area contributed by atoms with Gasteiger partial charge in [0.25, 0.3) is 0 Å². The van der Waals surface area contributed by atoms with Crippen LogP contribution in [0.2, 0.25) is 0 Å². The van der Waals surface area contributed by atoms with Crippen LogP contribution in [-0.4, -0.2) is 15.0 Å². The van der Waals surface area contributed by atoms with Crippen molar-refractivity contribution >= 4 is 21.9 Å². The van der Waals surface area contributed by atoms with Gasteiger partial charge in [0.05, 0.1) is 5.56 Å². The first-order chi connectivity index (χ1) is 22.6. The Morgan fingerprint density at radius 2 is 0.935 bits per heavy atom. The van der Waals surface area contributed by atoms with Gasteiger partial charge in [-0.15, -0.1) is 0 Å². The topological polar surface area (TPSA) is 51.8 Å². The lowest BCUT2D eigenvalue weighted by Crippen LogP contribution is -2.14. The maximum atomic E-state index is 6.85. The number of nitrogens with zero attached hydrogens (tertiary/aromatic N) is 3. The SMILES string of the molecule is CC1(C)c2ccccc2-c2ccc(-c3cccc4c3oc3c(-c5nc(-c6ccccc6)nc(-c6ccccc6)n5)cccc34)cc21. The summed E-state index contributed by atoms with van der Waals surface area (Å²) >= 11 is 0. The molecule has 0 spiro atoms. The number of furan rings is 1. The highest BCUT2D eigenvalue weighted by Gasteiger charge is 2.35. The molecule has 2 heterocycles. The van der Waals surface area contributed by atoms with Gasteiger partial charge in [0, 0.05) is 32.9 Å². The zero-order valence-corrected chi connectivity index (χ0v) is 25.5. The van der Waals surface area contributed by atoms with Crippen LogP contribution in [0.5, 0.6) is 0 Å². The Balaban J connectivity index is 1.23. The molecule has 0 saturated carbocycles. The fourth-order valence-corrected chi connectivity index (χ4v) is 7.02. The van der Waals surface area contributed by atoms with Crippen molar-refractivity contribution in [3.63, 3.8) is 0 Å². The maximum absolute atomic E-state index is 6.85. The van der Waals surface area contributed by atoms with E-state index in [-0.39, 0.29) is 5.41 Å². The Kier molecular flexibility index (Phi) is 5.81. The lowest BCUT2D eigenvalue weighted by molar-refractivity contribution is 0.660. The van der Waals surface area contributed by atoms with Gasteiger partial charge in [0.2, 0.25) is 0 Å². The molecule has 4 heteroatoms. The van der Waals surface area contributed by atoms with Crippen LogP contribution < -0.4 is 0 Å². The second kappa shape index (κ2) is 10.1. The van der Waals surface area contributed by atoms with Crippen LogP contribution >= 0.6 is 0 Å². The van der Waals surface area contributed by atoms with Crippen LogP contribution in [0.1, 0.15) is 25.0 Å². The summed E-state index contributed by atoms with van der Waals surface area (Å²) in [6.07, 6.45) is 0. The average molecular weight is 592 g/mol. The summed E-state index contributed by atoms with van der Waals surface area (Å²) in [4.78, 5) is 14.9. The summed E-state index contributed by atoms with van der Waals surface area (Å²) in [6, 6.07) is 48.3. The molecule has 2 aromatic heterocycles. The van der Waals surface area contributed by atoms with Crippen LogP contribution in [0.3, 0.4) is 0 Å². The van der Waals surface area contributed by atoms with Crippen LogP contribution in [-0.2, 0) is 5.41 Å². The van der Waals surface area contributed by atoms with E-state index in [1.165, 1.54) is 22.3 Å². The van der Waals surface area contributed by atoms with E-state index in [0.717, 1.165) is 49.8 Å². The summed E-state index contributed by atoms with van der Waals surface area (Å²) in [5.41, 5.74) is 11.8. The van der Waals surface area contributed by atoms with Crippen molar-refractivity contribution in [2.24, 2.45) is 0 Å². The van der Waals surface area contributed by atoms with E-state index in [9.17, 15) is 0 Å². The Bertz CT molecular complexity index is 2380. The molecule has 0 aliphatic heterocycles. The summed E-state index contributed by atoms with van der Waals surface area (Å²) in [7, 11) is 0. The van der Waals surface area contributed by atoms with E-state index in [0.29, 0.717) is 17.5 Å². The molecular formula is C42H29N3O. The fraction of sp³-hybridized carbons (Fsp3) is 0.0714. The number of aromatic nitrogens is 3. The molecule has 4 nitrogen and oxygen atoms in total. The van der Waals surface area contributed by atoms with Gasteiger partial charge in [-0.25, -0.2) is 15.0 Å². The van der Waals surface area contributed by atoms with E-state index in [4.69, 9.17) is 19.4 Å². The Morgan fingerprint density at radius 3 is 1.61 bits per heavy atom. The largest absolute Gasteiger partial charge is 0.455 e. The first kappa shape index (κ1) is 26.5. The van der Waals surface area contributed by atoms with Gasteiger partial charge < -0.3 is 4.42 Å². The number of hydrogen-bond donors (Lipinski definition) is 0. The van der Waals surface area contributed by atoms with Crippen LogP contribution in [0.15, 0.2) is 144 Å². The molecule has 46 heavy (non-hydrogen) atoms. The average Bonchev–Trinajstić information content (AvgIpc) is 3.61. The number of benzene rings is 6. The van der Waals surface area contributed by atoms with Crippen molar-refractivity contribution in [1.29, 1.82) is 0 Å². The number of rotatable bonds is 4. The lowest BCUT2D eigenvalue weighted by atomic mass is 9.81. The highest BCUT2D eigenvalue weighted by molar-refractivity contribution is 6.12. The van der Waals surface area contributed by atoms with Crippen molar-refractivity contribution in [1.82, 2.24) is 15.0 Å². The van der Waals surface area contributed by atoms with Gasteiger partial charge in [-0.05, 0) is 39.9 Å². The third kappa shape index (κ3) is 4.04. The van der Waals surface area contributed by atoms with E-state index < -0.39 is 0 Å². The molecule has 8 aromatic rings. The first-order valence-corrected chi connectivity index (χ1v) is 15.6. The summed E-state index contributed by atoms with van der Waals surface area (Å²) < 4.78 is 6.85. The monoisotopic (exact) mass is 591 g/mol. The highest BCUT2D eigenvalue weighted by Crippen LogP contribution is 2.50. The number of para-hydroxylation sites is 2. The summed E-state index contributed by atoms with van der Waals surface area (Å²) in [6.45, 7) is 4.63. The molecule has 0 atom stereocenters. The molecule has 1 aliphatic carbocycles. The first-order valence-electron chi connectivity index (χ1n) is 15.6. The van der Waals surface area contributed by atoms with Gasteiger partial charge in [-0.2, -0.15) is 0 Å². The van der Waals surface area contributed by atoms with Crippen LogP contribution in [0.4, 0.5) is 0 Å². The molecule has 1 aliphatic rings. The summed E-state index contributed by atoms with van der Waals surface area (Å²) in [5.74, 6) is 1.83. The third-order valence-electron chi connectivity index (χ3n) is 9.36. The molecule has 218 valence electrons. The van der Waals surface area contributed by atoms with Crippen molar-refractivity contribution in [3.05, 3.63) is 151 Å². The standard InChI is InChI=1S/C42H29N3O/c1-42(2)35-22-10-9-17-30(35)31-24-23-28(25-36(31)42)29-18-11-19-32-33-20-12-21-34(38(33)46-37(29)32)41-44-39(26-13-5-3-6-14-26)43-40(45-41)27-15-7-4-8-16-27/h3-25H,1-2H3. The molecule has 0 amide bonds. The minimum atomic E-state index is -0.0809. The zero-order valence-electron chi connectivity index (χ0n) is 25.5. The second-order valence-corrected chi connectivity index (χ2v) is 12.4. The van der Waals surface area contributed by atoms with E-state index >= 15 is 0 Å². The van der Waals surface area contributed by atoms with Gasteiger partial charge in [-0.1, -0.05) is 141 Å². The number of fused-ring (bicyclic) bond motifs is 6. The van der Waals surface area contributed by atoms with Gasteiger partial charge in [0.1, 0.15) is 11.2 Å². The number of hydrogen-bond acceptors (Lipinski definition) is 4. The minimum Gasteiger partial charge on any atom is -0.455 e. The maximum Gasteiger partial charge on any atom is 0.167 e. The Labute approximate surface area is 267 Å². The molecule has 9 rings (SSSR count). The lowest BCUT2D eigenvalue weighted by Gasteiger charge is -2.22. The normalized spacial score (nSPS) is 13.2. The van der Waals surface area contributed by atoms with Gasteiger partial charge >= 0.3 is 0 Å². The second-order valence-electron chi connectivity index (χ2n) is 12.4. The molecule has 0 N–H and O–H groups in total. The van der Waals surface area contributed by atoms with E-state index in [1.807, 2.05) is 66.7 Å². The van der Waals surface area contributed by atoms with Crippen molar-refractivity contribution in [2.75, 3.05) is 0 Å². The van der Waals surface area contributed by atoms with Crippen LogP contribution in [0.25, 0.3) is 78.4 Å². The quantitative estimate of drug-likeness (QED) is 0.204. The molecule has 0 fully saturated rings. The van der Waals surface area contributed by atoms with Crippen molar-refractivity contribution < 1.29 is 4.42 Å². The van der Waals surface area contributed by atoms with Crippen molar-refractivity contribution in [2.45, 2.75) is 19.3 Å².